The maximum Gasteiger partial charge on any atom is -0.00882 e. The van der Waals surface area contributed by atoms with Crippen LogP contribution >= 0.6 is 0 Å². The highest BCUT2D eigenvalue weighted by Crippen LogP contribution is 2.19. The molecule has 1 aromatic carbocycles. The topological polar surface area (TPSA) is 0 Å². The molecule has 0 radical (unpaired) electrons. The summed E-state index contributed by atoms with van der Waals surface area (Å²) in [4.78, 5) is 0. The third kappa shape index (κ3) is 2.73. The van der Waals surface area contributed by atoms with Crippen LogP contribution in [0, 0.1) is 6.92 Å². The Morgan fingerprint density at radius 2 is 1.92 bits per heavy atom. The number of hydrogen-bond acceptors (Lipinski definition) is 0. The molecular weight excluding hydrogens is 156 g/mol. The van der Waals surface area contributed by atoms with Gasteiger partial charge in [-0.3, -0.25) is 0 Å². The lowest BCUT2D eigenvalue weighted by molar-refractivity contribution is 1.09. The van der Waals surface area contributed by atoms with Gasteiger partial charge in [-0.1, -0.05) is 56.2 Å². The quantitative estimate of drug-likeness (QED) is 0.558. The summed E-state index contributed by atoms with van der Waals surface area (Å²) in [5, 5.41) is 0. The van der Waals surface area contributed by atoms with E-state index in [9.17, 15) is 0 Å². The molecule has 0 amide bonds. The molecule has 0 heterocycles. The van der Waals surface area contributed by atoms with Gasteiger partial charge in [-0.05, 0) is 24.5 Å². The second-order valence-corrected chi connectivity index (χ2v) is 3.52. The SMILES string of the molecule is CCC.Cc1ccc2c(c1)C=CC2. The molecule has 0 saturated carbocycles. The van der Waals surface area contributed by atoms with Crippen LogP contribution < -0.4 is 0 Å². The number of benzene rings is 1. The predicted molar refractivity (Wildman–Crippen MR) is 59.9 cm³/mol. The van der Waals surface area contributed by atoms with E-state index in [4.69, 9.17) is 0 Å². The molecule has 0 atom stereocenters. The molecule has 0 saturated heterocycles. The molecule has 2 rings (SSSR count). The first kappa shape index (κ1) is 10.0. The van der Waals surface area contributed by atoms with Crippen LogP contribution in [-0.4, -0.2) is 0 Å². The van der Waals surface area contributed by atoms with Crippen LogP contribution in [0.25, 0.3) is 6.08 Å². The van der Waals surface area contributed by atoms with Crippen LogP contribution in [0.15, 0.2) is 24.3 Å². The Morgan fingerprint density at radius 1 is 1.23 bits per heavy atom. The Kier molecular flexibility index (Phi) is 3.75. The second kappa shape index (κ2) is 4.86. The Labute approximate surface area is 81.3 Å². The summed E-state index contributed by atoms with van der Waals surface area (Å²) in [6.45, 7) is 6.38. The van der Waals surface area contributed by atoms with Crippen molar-refractivity contribution in [3.05, 3.63) is 41.0 Å². The monoisotopic (exact) mass is 174 g/mol. The van der Waals surface area contributed by atoms with Crippen molar-refractivity contribution in [2.24, 2.45) is 0 Å². The number of fused-ring (bicyclic) bond motifs is 1. The van der Waals surface area contributed by atoms with Crippen molar-refractivity contribution >= 4 is 6.08 Å². The van der Waals surface area contributed by atoms with Crippen molar-refractivity contribution in [2.75, 3.05) is 0 Å². The van der Waals surface area contributed by atoms with Gasteiger partial charge in [-0.15, -0.1) is 0 Å². The second-order valence-electron chi connectivity index (χ2n) is 3.52. The third-order valence-corrected chi connectivity index (χ3v) is 1.94. The fraction of sp³-hybridized carbons (Fsp3) is 0.385. The highest BCUT2D eigenvalue weighted by molar-refractivity contribution is 5.60. The van der Waals surface area contributed by atoms with E-state index < -0.39 is 0 Å². The first-order valence-corrected chi connectivity index (χ1v) is 5.04. The van der Waals surface area contributed by atoms with Crippen molar-refractivity contribution in [3.63, 3.8) is 0 Å². The first-order chi connectivity index (χ1) is 6.27. The molecule has 0 nitrogen and oxygen atoms in total. The lowest BCUT2D eigenvalue weighted by Gasteiger charge is -1.97. The molecule has 70 valence electrons. The van der Waals surface area contributed by atoms with Gasteiger partial charge in [0.2, 0.25) is 0 Å². The van der Waals surface area contributed by atoms with Gasteiger partial charge in [-0.2, -0.15) is 0 Å². The Hall–Kier alpha value is -1.04. The molecule has 0 unspecified atom stereocenters. The zero-order valence-electron chi connectivity index (χ0n) is 8.80. The molecular formula is C13H18. The van der Waals surface area contributed by atoms with Gasteiger partial charge in [0.15, 0.2) is 0 Å². The van der Waals surface area contributed by atoms with Crippen molar-refractivity contribution in [1.82, 2.24) is 0 Å². The summed E-state index contributed by atoms with van der Waals surface area (Å²) >= 11 is 0. The van der Waals surface area contributed by atoms with E-state index in [0.29, 0.717) is 0 Å². The zero-order chi connectivity index (χ0) is 9.68. The lowest BCUT2D eigenvalue weighted by atomic mass is 10.1. The van der Waals surface area contributed by atoms with E-state index in [2.05, 4.69) is 51.1 Å². The van der Waals surface area contributed by atoms with Crippen molar-refractivity contribution in [3.8, 4) is 0 Å². The van der Waals surface area contributed by atoms with E-state index in [0.717, 1.165) is 6.42 Å². The predicted octanol–water partition coefficient (Wildman–Crippen LogP) is 3.98. The summed E-state index contributed by atoms with van der Waals surface area (Å²) in [7, 11) is 0. The van der Waals surface area contributed by atoms with Gasteiger partial charge in [0, 0.05) is 0 Å². The van der Waals surface area contributed by atoms with Crippen LogP contribution in [0.3, 0.4) is 0 Å². The average molecular weight is 174 g/mol. The summed E-state index contributed by atoms with van der Waals surface area (Å²) in [5.41, 5.74) is 4.22. The molecule has 0 bridgehead atoms. The Balaban J connectivity index is 0.000000251. The minimum atomic E-state index is 1.12. The van der Waals surface area contributed by atoms with Crippen LogP contribution in [0.4, 0.5) is 0 Å². The molecule has 1 aliphatic carbocycles. The summed E-state index contributed by atoms with van der Waals surface area (Å²) < 4.78 is 0. The third-order valence-electron chi connectivity index (χ3n) is 1.94. The molecule has 0 heteroatoms. The van der Waals surface area contributed by atoms with Gasteiger partial charge in [-0.25, -0.2) is 0 Å². The van der Waals surface area contributed by atoms with Crippen LogP contribution in [-0.2, 0) is 6.42 Å². The maximum absolute atomic E-state index is 2.23. The van der Waals surface area contributed by atoms with E-state index in [1.807, 2.05) is 0 Å². The minimum Gasteiger partial charge on any atom is -0.0795 e. The van der Waals surface area contributed by atoms with Crippen molar-refractivity contribution in [1.29, 1.82) is 0 Å². The van der Waals surface area contributed by atoms with Gasteiger partial charge in [0.05, 0.1) is 0 Å². The number of allylic oxidation sites excluding steroid dienone is 1. The molecule has 1 aliphatic rings. The largest absolute Gasteiger partial charge is 0.0795 e. The van der Waals surface area contributed by atoms with Gasteiger partial charge < -0.3 is 0 Å². The Morgan fingerprint density at radius 3 is 2.62 bits per heavy atom. The Bertz CT molecular complexity index is 295. The van der Waals surface area contributed by atoms with E-state index in [1.54, 1.807) is 0 Å². The smallest absolute Gasteiger partial charge is 0.00882 e. The molecule has 0 fully saturated rings. The highest BCUT2D eigenvalue weighted by atomic mass is 14.1. The summed E-state index contributed by atoms with van der Waals surface area (Å²) in [5.74, 6) is 0. The van der Waals surface area contributed by atoms with Crippen LogP contribution in [0.2, 0.25) is 0 Å². The number of aryl methyl sites for hydroxylation is 1. The normalized spacial score (nSPS) is 11.9. The average Bonchev–Trinajstić information content (AvgIpc) is 2.52. The summed E-state index contributed by atoms with van der Waals surface area (Å²) in [6.07, 6.45) is 6.78. The van der Waals surface area contributed by atoms with Crippen molar-refractivity contribution in [2.45, 2.75) is 33.6 Å². The fourth-order valence-corrected chi connectivity index (χ4v) is 1.37. The molecule has 0 N–H and O–H groups in total. The lowest BCUT2D eigenvalue weighted by Crippen LogP contribution is -1.81. The van der Waals surface area contributed by atoms with Gasteiger partial charge >= 0.3 is 0 Å². The molecule has 0 aliphatic heterocycles. The first-order valence-electron chi connectivity index (χ1n) is 5.04. The van der Waals surface area contributed by atoms with E-state index in [1.165, 1.54) is 23.1 Å². The molecule has 0 aromatic heterocycles. The number of rotatable bonds is 0. The van der Waals surface area contributed by atoms with E-state index in [-0.39, 0.29) is 0 Å². The maximum atomic E-state index is 2.23. The van der Waals surface area contributed by atoms with Crippen LogP contribution in [0.5, 0.6) is 0 Å². The fourth-order valence-electron chi connectivity index (χ4n) is 1.37. The highest BCUT2D eigenvalue weighted by Gasteiger charge is 2.02. The molecule has 13 heavy (non-hydrogen) atoms. The van der Waals surface area contributed by atoms with Gasteiger partial charge in [0.25, 0.3) is 0 Å². The van der Waals surface area contributed by atoms with Crippen LogP contribution in [0.1, 0.15) is 37.0 Å². The van der Waals surface area contributed by atoms with E-state index >= 15 is 0 Å². The molecule has 1 aromatic rings. The standard InChI is InChI=1S/C10H10.C3H8/c1-8-5-6-9-3-2-4-10(9)7-8;1-3-2/h2,4-7H,3H2,1H3;3H2,1-2H3. The minimum absolute atomic E-state index is 1.12. The summed E-state index contributed by atoms with van der Waals surface area (Å²) in [6, 6.07) is 6.62. The van der Waals surface area contributed by atoms with Gasteiger partial charge in [0.1, 0.15) is 0 Å². The zero-order valence-corrected chi connectivity index (χ0v) is 8.80. The molecule has 0 spiro atoms. The van der Waals surface area contributed by atoms with Crippen molar-refractivity contribution < 1.29 is 0 Å². The number of hydrogen-bond donors (Lipinski definition) is 0.